The highest BCUT2D eigenvalue weighted by molar-refractivity contribution is 5.85. The van der Waals surface area contributed by atoms with E-state index in [0.717, 1.165) is 0 Å². The molecule has 0 radical (unpaired) electrons. The van der Waals surface area contributed by atoms with Crippen molar-refractivity contribution in [3.8, 4) is 0 Å². The zero-order chi connectivity index (χ0) is 9.47. The lowest BCUT2D eigenvalue weighted by Crippen LogP contribution is -2.10. The van der Waals surface area contributed by atoms with Gasteiger partial charge in [-0.25, -0.2) is 8.78 Å². The summed E-state index contributed by atoms with van der Waals surface area (Å²) >= 11 is 0. The Balaban J connectivity index is 0.000000980. The molecule has 78 valence electrons. The maximum Gasteiger partial charge on any atom is 0.140 e. The lowest BCUT2D eigenvalue weighted by atomic mass is 10.1. The molecule has 0 spiro atoms. The Bertz CT molecular complexity index is 332. The number of rotatable bonds is 2. The third-order valence-corrected chi connectivity index (χ3v) is 2.62. The van der Waals surface area contributed by atoms with Crippen LogP contribution >= 0.6 is 12.4 Å². The third kappa shape index (κ3) is 1.74. The maximum atomic E-state index is 13.8. The van der Waals surface area contributed by atoms with Gasteiger partial charge in [-0.15, -0.1) is 12.4 Å². The Hall–Kier alpha value is -0.670. The molecule has 0 aromatic heterocycles. The molecule has 4 heteroatoms. The summed E-state index contributed by atoms with van der Waals surface area (Å²) in [5.41, 5.74) is 4.41. The van der Waals surface area contributed by atoms with E-state index in [-0.39, 0.29) is 18.3 Å². The van der Waals surface area contributed by atoms with Gasteiger partial charge >= 0.3 is 0 Å². The highest BCUT2D eigenvalue weighted by atomic mass is 35.5. The number of alkyl halides is 1. The monoisotopic (exact) mass is 219 g/mol. The molecule has 0 heterocycles. The van der Waals surface area contributed by atoms with Crippen molar-refractivity contribution in [1.82, 2.24) is 0 Å². The number of benzene rings is 1. The second kappa shape index (κ2) is 3.83. The smallest absolute Gasteiger partial charge is 0.140 e. The lowest BCUT2D eigenvalue weighted by molar-refractivity contribution is 0.287. The first-order valence-corrected chi connectivity index (χ1v) is 4.32. The fourth-order valence-electron chi connectivity index (χ4n) is 1.67. The minimum Gasteiger partial charge on any atom is -0.330 e. The van der Waals surface area contributed by atoms with Gasteiger partial charge in [0.05, 0.1) is 0 Å². The van der Waals surface area contributed by atoms with E-state index < -0.39 is 11.5 Å². The zero-order valence-corrected chi connectivity index (χ0v) is 8.36. The predicted octanol–water partition coefficient (Wildman–Crippen LogP) is 2.39. The Morgan fingerprint density at radius 3 is 2.71 bits per heavy atom. The molecular weight excluding hydrogens is 208 g/mol. The van der Waals surface area contributed by atoms with E-state index in [0.29, 0.717) is 18.5 Å². The fourth-order valence-corrected chi connectivity index (χ4v) is 1.67. The quantitative estimate of drug-likeness (QED) is 0.812. The third-order valence-electron chi connectivity index (χ3n) is 2.62. The van der Waals surface area contributed by atoms with E-state index in [1.165, 1.54) is 18.2 Å². The van der Waals surface area contributed by atoms with Gasteiger partial charge in [-0.05, 0) is 30.7 Å². The number of hydrogen-bond acceptors (Lipinski definition) is 1. The van der Waals surface area contributed by atoms with Crippen molar-refractivity contribution in [3.63, 3.8) is 0 Å². The van der Waals surface area contributed by atoms with Gasteiger partial charge in [0.25, 0.3) is 0 Å². The van der Waals surface area contributed by atoms with Crippen molar-refractivity contribution in [3.05, 3.63) is 35.6 Å². The first kappa shape index (κ1) is 11.4. The second-order valence-corrected chi connectivity index (χ2v) is 3.51. The number of halogens is 3. The SMILES string of the molecule is Cl.NC[C@@H]1C[C@@]1(F)c1cccc(F)c1. The molecule has 14 heavy (non-hydrogen) atoms. The molecule has 0 unspecified atom stereocenters. The minimum atomic E-state index is -1.36. The van der Waals surface area contributed by atoms with Crippen LogP contribution in [0.5, 0.6) is 0 Å². The van der Waals surface area contributed by atoms with Crippen molar-refractivity contribution in [1.29, 1.82) is 0 Å². The normalized spacial score (nSPS) is 29.5. The van der Waals surface area contributed by atoms with Crippen LogP contribution in [0.25, 0.3) is 0 Å². The largest absolute Gasteiger partial charge is 0.330 e. The first-order chi connectivity index (χ1) is 6.16. The Kier molecular flexibility index (Phi) is 3.12. The van der Waals surface area contributed by atoms with Gasteiger partial charge in [0.15, 0.2) is 0 Å². The molecule has 1 nitrogen and oxygen atoms in total. The minimum absolute atomic E-state index is 0. The van der Waals surface area contributed by atoms with E-state index >= 15 is 0 Å². The summed E-state index contributed by atoms with van der Waals surface area (Å²) in [6.07, 6.45) is 0.424. The molecular formula is C10H12ClF2N. The van der Waals surface area contributed by atoms with E-state index in [1.54, 1.807) is 6.07 Å². The van der Waals surface area contributed by atoms with Crippen LogP contribution < -0.4 is 5.73 Å². The molecule has 2 atom stereocenters. The zero-order valence-electron chi connectivity index (χ0n) is 7.54. The van der Waals surface area contributed by atoms with Gasteiger partial charge < -0.3 is 5.73 Å². The van der Waals surface area contributed by atoms with Gasteiger partial charge in [-0.3, -0.25) is 0 Å². The number of nitrogens with two attached hydrogens (primary N) is 1. The van der Waals surface area contributed by atoms with Crippen LogP contribution in [0.3, 0.4) is 0 Å². The Labute approximate surface area is 87.7 Å². The molecule has 0 bridgehead atoms. The molecule has 1 aromatic rings. The molecule has 1 aliphatic rings. The van der Waals surface area contributed by atoms with Gasteiger partial charge in [0, 0.05) is 5.92 Å². The highest BCUT2D eigenvalue weighted by Crippen LogP contribution is 2.54. The molecule has 2 rings (SSSR count). The van der Waals surface area contributed by atoms with Crippen molar-refractivity contribution in [2.75, 3.05) is 6.54 Å². The summed E-state index contributed by atoms with van der Waals surface area (Å²) in [4.78, 5) is 0. The highest BCUT2D eigenvalue weighted by Gasteiger charge is 2.55. The van der Waals surface area contributed by atoms with Crippen LogP contribution in [-0.2, 0) is 5.67 Å². The Morgan fingerprint density at radius 2 is 2.21 bits per heavy atom. The fraction of sp³-hybridized carbons (Fsp3) is 0.400. The van der Waals surface area contributed by atoms with E-state index in [2.05, 4.69) is 0 Å². The molecule has 0 amide bonds. The molecule has 1 aliphatic carbocycles. The second-order valence-electron chi connectivity index (χ2n) is 3.51. The summed E-state index contributed by atoms with van der Waals surface area (Å²) in [5, 5.41) is 0. The first-order valence-electron chi connectivity index (χ1n) is 4.32. The summed E-state index contributed by atoms with van der Waals surface area (Å²) < 4.78 is 26.6. The van der Waals surface area contributed by atoms with Gasteiger partial charge in [-0.1, -0.05) is 12.1 Å². The molecule has 1 fully saturated rings. The molecule has 1 saturated carbocycles. The van der Waals surface area contributed by atoms with E-state index in [1.807, 2.05) is 0 Å². The van der Waals surface area contributed by atoms with E-state index in [4.69, 9.17) is 5.73 Å². The van der Waals surface area contributed by atoms with Crippen LogP contribution in [0, 0.1) is 11.7 Å². The molecule has 0 saturated heterocycles. The lowest BCUT2D eigenvalue weighted by Gasteiger charge is -2.06. The summed E-state index contributed by atoms with van der Waals surface area (Å²) in [6.45, 7) is 0.326. The molecule has 1 aromatic carbocycles. The average Bonchev–Trinajstić information content (AvgIpc) is 2.79. The van der Waals surface area contributed by atoms with Gasteiger partial charge in [0.2, 0.25) is 0 Å². The summed E-state index contributed by atoms with van der Waals surface area (Å²) in [6, 6.07) is 5.69. The van der Waals surface area contributed by atoms with Crippen LogP contribution in [0.2, 0.25) is 0 Å². The predicted molar refractivity (Wildman–Crippen MR) is 53.6 cm³/mol. The average molecular weight is 220 g/mol. The van der Waals surface area contributed by atoms with E-state index in [9.17, 15) is 8.78 Å². The van der Waals surface area contributed by atoms with Crippen molar-refractivity contribution in [2.45, 2.75) is 12.1 Å². The van der Waals surface area contributed by atoms with Crippen LogP contribution in [0.4, 0.5) is 8.78 Å². The summed E-state index contributed by atoms with van der Waals surface area (Å²) in [5.74, 6) is -0.522. The van der Waals surface area contributed by atoms with Crippen LogP contribution in [0.1, 0.15) is 12.0 Å². The molecule has 0 aliphatic heterocycles. The van der Waals surface area contributed by atoms with Crippen LogP contribution in [0.15, 0.2) is 24.3 Å². The van der Waals surface area contributed by atoms with Crippen molar-refractivity contribution < 1.29 is 8.78 Å². The summed E-state index contributed by atoms with van der Waals surface area (Å²) in [7, 11) is 0. The van der Waals surface area contributed by atoms with Gasteiger partial charge in [0.1, 0.15) is 11.5 Å². The van der Waals surface area contributed by atoms with Crippen molar-refractivity contribution in [2.24, 2.45) is 11.7 Å². The Morgan fingerprint density at radius 1 is 1.50 bits per heavy atom. The molecule has 2 N–H and O–H groups in total. The maximum absolute atomic E-state index is 13.8. The standard InChI is InChI=1S/C10H11F2N.ClH/c11-9-3-1-2-7(4-9)10(12)5-8(10)6-13;/h1-4,8H,5-6,13H2;1H/t8-,10+;/m0./s1. The number of hydrogen-bond donors (Lipinski definition) is 1. The topological polar surface area (TPSA) is 26.0 Å². The van der Waals surface area contributed by atoms with Gasteiger partial charge in [-0.2, -0.15) is 0 Å². The van der Waals surface area contributed by atoms with Crippen LogP contribution in [-0.4, -0.2) is 6.54 Å². The van der Waals surface area contributed by atoms with Crippen molar-refractivity contribution >= 4 is 12.4 Å².